The molecule has 0 aromatic carbocycles. The fourth-order valence-corrected chi connectivity index (χ4v) is 0.696. The molecular formula is C10H16O6. The lowest BCUT2D eigenvalue weighted by atomic mass is 10.4. The molecule has 0 rings (SSSR count). The molecule has 0 saturated heterocycles. The summed E-state index contributed by atoms with van der Waals surface area (Å²) in [6, 6.07) is 0. The lowest BCUT2D eigenvalue weighted by Gasteiger charge is -2.05. The molecule has 16 heavy (non-hydrogen) atoms. The van der Waals surface area contributed by atoms with Gasteiger partial charge in [0, 0.05) is 5.57 Å². The molecule has 0 aromatic heterocycles. The van der Waals surface area contributed by atoms with E-state index < -0.39 is 11.9 Å². The smallest absolute Gasteiger partial charge is 0.333 e. The molecule has 0 aliphatic heterocycles. The average Bonchev–Trinajstić information content (AvgIpc) is 2.21. The van der Waals surface area contributed by atoms with Crippen molar-refractivity contribution in [3.05, 3.63) is 12.2 Å². The summed E-state index contributed by atoms with van der Waals surface area (Å²) in [5, 5.41) is 8.24. The van der Waals surface area contributed by atoms with Gasteiger partial charge < -0.3 is 19.3 Å². The molecule has 6 heteroatoms. The van der Waals surface area contributed by atoms with Crippen molar-refractivity contribution in [1.82, 2.24) is 0 Å². The van der Waals surface area contributed by atoms with Crippen LogP contribution < -0.4 is 0 Å². The highest BCUT2D eigenvalue weighted by Gasteiger charge is 2.01. The Morgan fingerprint density at radius 2 is 1.69 bits per heavy atom. The predicted octanol–water partition coefficient (Wildman–Crippen LogP) is 0.223. The van der Waals surface area contributed by atoms with E-state index in [4.69, 9.17) is 19.3 Å². The highest BCUT2D eigenvalue weighted by molar-refractivity contribution is 5.86. The summed E-state index contributed by atoms with van der Waals surface area (Å²) in [5.41, 5.74) is 0.338. The van der Waals surface area contributed by atoms with Crippen LogP contribution in [0.2, 0.25) is 0 Å². The van der Waals surface area contributed by atoms with Crippen LogP contribution in [0.25, 0.3) is 0 Å². The van der Waals surface area contributed by atoms with Crippen LogP contribution in [0, 0.1) is 0 Å². The zero-order chi connectivity index (χ0) is 12.4. The summed E-state index contributed by atoms with van der Waals surface area (Å²) in [6.07, 6.45) is 0. The Kier molecular flexibility index (Phi) is 8.10. The van der Waals surface area contributed by atoms with E-state index in [0.29, 0.717) is 5.57 Å². The van der Waals surface area contributed by atoms with E-state index in [1.807, 2.05) is 0 Å². The van der Waals surface area contributed by atoms with Gasteiger partial charge in [0.1, 0.15) is 13.2 Å². The lowest BCUT2D eigenvalue weighted by molar-refractivity contribution is -0.144. The quantitative estimate of drug-likeness (QED) is 0.348. The minimum Gasteiger partial charge on any atom is -0.480 e. The summed E-state index contributed by atoms with van der Waals surface area (Å²) < 4.78 is 14.5. The zero-order valence-electron chi connectivity index (χ0n) is 9.23. The van der Waals surface area contributed by atoms with Gasteiger partial charge in [-0.1, -0.05) is 6.58 Å². The normalized spacial score (nSPS) is 9.81. The summed E-state index contributed by atoms with van der Waals surface area (Å²) in [7, 11) is 0. The van der Waals surface area contributed by atoms with Crippen LogP contribution in [-0.4, -0.2) is 50.1 Å². The monoisotopic (exact) mass is 232 g/mol. The highest BCUT2D eigenvalue weighted by atomic mass is 16.6. The number of hydrogen-bond acceptors (Lipinski definition) is 5. The number of carboxylic acids is 1. The van der Waals surface area contributed by atoms with Crippen molar-refractivity contribution in [3.8, 4) is 0 Å². The van der Waals surface area contributed by atoms with Crippen LogP contribution in [-0.2, 0) is 23.8 Å². The topological polar surface area (TPSA) is 82.1 Å². The molecule has 6 nitrogen and oxygen atoms in total. The maximum atomic E-state index is 10.9. The Hall–Kier alpha value is -1.40. The number of ether oxygens (including phenoxy) is 3. The standard InChI is InChI=1S/C10H16O6/c1-8(2)10(13)16-6-5-14-3-4-15-7-9(11)12/h1,3-7H2,2H3,(H,11,12). The molecule has 0 amide bonds. The molecule has 0 atom stereocenters. The number of hydrogen-bond donors (Lipinski definition) is 1. The van der Waals surface area contributed by atoms with E-state index in [9.17, 15) is 9.59 Å². The first-order valence-corrected chi connectivity index (χ1v) is 4.74. The fraction of sp³-hybridized carbons (Fsp3) is 0.600. The molecule has 0 unspecified atom stereocenters. The molecule has 0 heterocycles. The maximum Gasteiger partial charge on any atom is 0.333 e. The number of rotatable bonds is 9. The molecule has 0 saturated carbocycles. The molecule has 0 bridgehead atoms. The van der Waals surface area contributed by atoms with E-state index >= 15 is 0 Å². The second-order valence-electron chi connectivity index (χ2n) is 2.97. The third-order valence-corrected chi connectivity index (χ3v) is 1.41. The summed E-state index contributed by atoms with van der Waals surface area (Å²) in [5.74, 6) is -1.47. The number of carbonyl (C=O) groups excluding carboxylic acids is 1. The zero-order valence-corrected chi connectivity index (χ0v) is 9.23. The Morgan fingerprint density at radius 3 is 2.25 bits per heavy atom. The van der Waals surface area contributed by atoms with E-state index in [0.717, 1.165) is 0 Å². The van der Waals surface area contributed by atoms with Crippen molar-refractivity contribution in [1.29, 1.82) is 0 Å². The molecule has 1 N–H and O–H groups in total. The Balaban J connectivity index is 3.19. The van der Waals surface area contributed by atoms with Gasteiger partial charge in [0.15, 0.2) is 0 Å². The van der Waals surface area contributed by atoms with Crippen molar-refractivity contribution < 1.29 is 28.9 Å². The molecular weight excluding hydrogens is 216 g/mol. The van der Waals surface area contributed by atoms with Crippen molar-refractivity contribution in [2.24, 2.45) is 0 Å². The number of esters is 1. The number of aliphatic carboxylic acids is 1. The highest BCUT2D eigenvalue weighted by Crippen LogP contribution is 1.91. The first kappa shape index (κ1) is 14.6. The third kappa shape index (κ3) is 9.17. The Labute approximate surface area is 93.8 Å². The first-order chi connectivity index (χ1) is 7.54. The van der Waals surface area contributed by atoms with Crippen molar-refractivity contribution >= 4 is 11.9 Å². The van der Waals surface area contributed by atoms with Crippen LogP contribution in [0.1, 0.15) is 6.92 Å². The minimum absolute atomic E-state index is 0.143. The van der Waals surface area contributed by atoms with E-state index in [2.05, 4.69) is 6.58 Å². The molecule has 0 radical (unpaired) electrons. The minimum atomic E-state index is -1.02. The first-order valence-electron chi connectivity index (χ1n) is 4.74. The molecule has 92 valence electrons. The van der Waals surface area contributed by atoms with Gasteiger partial charge in [0.25, 0.3) is 0 Å². The largest absolute Gasteiger partial charge is 0.480 e. The van der Waals surface area contributed by atoms with Crippen LogP contribution in [0.4, 0.5) is 0 Å². The molecule has 0 aromatic rings. The average molecular weight is 232 g/mol. The lowest BCUT2D eigenvalue weighted by Crippen LogP contribution is -2.14. The van der Waals surface area contributed by atoms with Crippen LogP contribution in [0.5, 0.6) is 0 Å². The van der Waals surface area contributed by atoms with E-state index in [-0.39, 0.29) is 33.0 Å². The second kappa shape index (κ2) is 8.87. The molecule has 0 fully saturated rings. The van der Waals surface area contributed by atoms with Gasteiger partial charge in [-0.25, -0.2) is 9.59 Å². The van der Waals surface area contributed by atoms with Crippen LogP contribution in [0.3, 0.4) is 0 Å². The van der Waals surface area contributed by atoms with Crippen LogP contribution in [0.15, 0.2) is 12.2 Å². The van der Waals surface area contributed by atoms with Gasteiger partial charge in [-0.15, -0.1) is 0 Å². The van der Waals surface area contributed by atoms with Gasteiger partial charge in [0.05, 0.1) is 19.8 Å². The van der Waals surface area contributed by atoms with Gasteiger partial charge in [0.2, 0.25) is 0 Å². The van der Waals surface area contributed by atoms with Crippen molar-refractivity contribution in [2.75, 3.05) is 33.0 Å². The van der Waals surface area contributed by atoms with Gasteiger partial charge >= 0.3 is 11.9 Å². The SMILES string of the molecule is C=C(C)C(=O)OCCOCCOCC(=O)O. The summed E-state index contributed by atoms with van der Waals surface area (Å²) in [6.45, 7) is 5.49. The fourth-order valence-electron chi connectivity index (χ4n) is 0.696. The van der Waals surface area contributed by atoms with Gasteiger partial charge in [-0.3, -0.25) is 0 Å². The summed E-state index contributed by atoms with van der Waals surface area (Å²) >= 11 is 0. The Morgan fingerprint density at radius 1 is 1.12 bits per heavy atom. The van der Waals surface area contributed by atoms with E-state index in [1.165, 1.54) is 0 Å². The molecule has 0 aliphatic rings. The Bertz CT molecular complexity index is 248. The van der Waals surface area contributed by atoms with Gasteiger partial charge in [-0.05, 0) is 6.92 Å². The molecule has 0 aliphatic carbocycles. The van der Waals surface area contributed by atoms with Gasteiger partial charge in [-0.2, -0.15) is 0 Å². The van der Waals surface area contributed by atoms with E-state index in [1.54, 1.807) is 6.92 Å². The maximum absolute atomic E-state index is 10.9. The number of carboxylic acid groups (broad SMARTS) is 1. The summed E-state index contributed by atoms with van der Waals surface area (Å²) in [4.78, 5) is 20.9. The molecule has 0 spiro atoms. The third-order valence-electron chi connectivity index (χ3n) is 1.41. The van der Waals surface area contributed by atoms with Crippen molar-refractivity contribution in [3.63, 3.8) is 0 Å². The predicted molar refractivity (Wildman–Crippen MR) is 55.0 cm³/mol. The van der Waals surface area contributed by atoms with Crippen molar-refractivity contribution in [2.45, 2.75) is 6.92 Å². The van der Waals surface area contributed by atoms with Crippen LogP contribution >= 0.6 is 0 Å². The number of carbonyl (C=O) groups is 2. The second-order valence-corrected chi connectivity index (χ2v) is 2.97.